The Morgan fingerprint density at radius 1 is 1.31 bits per heavy atom. The van der Waals surface area contributed by atoms with Crippen LogP contribution >= 0.6 is 23.1 Å². The predicted molar refractivity (Wildman–Crippen MR) is 118 cm³/mol. The van der Waals surface area contributed by atoms with Gasteiger partial charge in [-0.1, -0.05) is 6.07 Å². The van der Waals surface area contributed by atoms with E-state index in [1.807, 2.05) is 25.3 Å². The summed E-state index contributed by atoms with van der Waals surface area (Å²) in [7, 11) is 0. The van der Waals surface area contributed by atoms with Gasteiger partial charge in [0.25, 0.3) is 5.91 Å². The molecule has 0 radical (unpaired) electrons. The molecule has 5 nitrogen and oxygen atoms in total. The normalized spacial score (nSPS) is 19.1. The van der Waals surface area contributed by atoms with Gasteiger partial charge in [0.05, 0.1) is 4.21 Å². The van der Waals surface area contributed by atoms with E-state index < -0.39 is 0 Å². The van der Waals surface area contributed by atoms with Crippen LogP contribution in [0.2, 0.25) is 0 Å². The standard InChI is InChI=1S/C22H23N3O2S2/c1-12-11-14(22(28-3)29-12)19-18(21(27)25-17-9-4-5-10-23-17)13(2)24-15-7-6-8-16(26)20(15)19/h4-5,9-11,19,24H,6-8H2,1-3H3,(H,23,25,27)/t19-/m1/s1. The van der Waals surface area contributed by atoms with E-state index in [4.69, 9.17) is 0 Å². The van der Waals surface area contributed by atoms with Gasteiger partial charge < -0.3 is 10.6 Å². The van der Waals surface area contributed by atoms with E-state index in [1.165, 1.54) is 4.88 Å². The van der Waals surface area contributed by atoms with Crippen molar-refractivity contribution in [2.45, 2.75) is 43.2 Å². The zero-order chi connectivity index (χ0) is 20.5. The number of aromatic nitrogens is 1. The number of thiophene rings is 1. The molecule has 4 rings (SSSR count). The Labute approximate surface area is 178 Å². The first kappa shape index (κ1) is 19.9. The Hall–Kier alpha value is -2.38. The van der Waals surface area contributed by atoms with E-state index >= 15 is 0 Å². The Balaban J connectivity index is 1.83. The smallest absolute Gasteiger partial charge is 0.255 e. The van der Waals surface area contributed by atoms with Crippen molar-refractivity contribution in [2.24, 2.45) is 0 Å². The Kier molecular flexibility index (Phi) is 5.61. The van der Waals surface area contributed by atoms with Gasteiger partial charge >= 0.3 is 0 Å². The summed E-state index contributed by atoms with van der Waals surface area (Å²) < 4.78 is 1.15. The molecule has 0 bridgehead atoms. The number of anilines is 1. The van der Waals surface area contributed by atoms with E-state index in [-0.39, 0.29) is 17.6 Å². The summed E-state index contributed by atoms with van der Waals surface area (Å²) in [5, 5.41) is 6.27. The number of pyridine rings is 1. The van der Waals surface area contributed by atoms with Crippen LogP contribution in [0.5, 0.6) is 0 Å². The predicted octanol–water partition coefficient (Wildman–Crippen LogP) is 4.78. The average Bonchev–Trinajstić information content (AvgIpc) is 3.08. The highest BCUT2D eigenvalue weighted by Gasteiger charge is 2.39. The number of ketones is 1. The summed E-state index contributed by atoms with van der Waals surface area (Å²) >= 11 is 3.38. The van der Waals surface area contributed by atoms with Crippen molar-refractivity contribution in [1.82, 2.24) is 10.3 Å². The Bertz CT molecular complexity index is 1040. The number of thioether (sulfide) groups is 1. The molecule has 0 saturated heterocycles. The van der Waals surface area contributed by atoms with Crippen LogP contribution in [0.25, 0.3) is 0 Å². The molecule has 1 amide bonds. The van der Waals surface area contributed by atoms with Crippen molar-refractivity contribution in [3.05, 3.63) is 63.4 Å². The number of rotatable bonds is 4. The monoisotopic (exact) mass is 425 g/mol. The maximum absolute atomic E-state index is 13.4. The minimum atomic E-state index is -0.352. The first-order valence-corrected chi connectivity index (χ1v) is 11.6. The molecular formula is C22H23N3O2S2. The highest BCUT2D eigenvalue weighted by Crippen LogP contribution is 2.47. The third kappa shape index (κ3) is 3.76. The van der Waals surface area contributed by atoms with E-state index in [0.29, 0.717) is 17.8 Å². The number of allylic oxidation sites excluding steroid dienone is 3. The molecule has 2 N–H and O–H groups in total. The van der Waals surface area contributed by atoms with Crippen LogP contribution in [0.1, 0.15) is 42.5 Å². The summed E-state index contributed by atoms with van der Waals surface area (Å²) in [6.45, 7) is 3.98. The number of Topliss-reactive ketones (excluding diaryl/α,β-unsaturated/α-hetero) is 1. The van der Waals surface area contributed by atoms with E-state index in [1.54, 1.807) is 35.4 Å². The van der Waals surface area contributed by atoms with Gasteiger partial charge in [0.2, 0.25) is 0 Å². The molecule has 2 aromatic heterocycles. The van der Waals surface area contributed by atoms with Gasteiger partial charge in [-0.15, -0.1) is 23.1 Å². The van der Waals surface area contributed by atoms with Crippen LogP contribution in [-0.2, 0) is 9.59 Å². The second kappa shape index (κ2) is 8.16. The summed E-state index contributed by atoms with van der Waals surface area (Å²) in [5.74, 6) is 0.0582. The number of nitrogens with one attached hydrogen (secondary N) is 2. The van der Waals surface area contributed by atoms with Gasteiger partial charge in [-0.3, -0.25) is 9.59 Å². The fourth-order valence-electron chi connectivity index (χ4n) is 4.09. The molecule has 7 heteroatoms. The molecule has 0 saturated carbocycles. The highest BCUT2D eigenvalue weighted by atomic mass is 32.2. The number of carbonyl (C=O) groups is 2. The fraction of sp³-hybridized carbons (Fsp3) is 0.318. The quantitative estimate of drug-likeness (QED) is 0.690. The second-order valence-corrected chi connectivity index (χ2v) is 9.57. The molecule has 0 aromatic carbocycles. The minimum Gasteiger partial charge on any atom is -0.362 e. The first-order valence-electron chi connectivity index (χ1n) is 9.60. The lowest BCUT2D eigenvalue weighted by Gasteiger charge is -2.34. The van der Waals surface area contributed by atoms with Crippen LogP contribution in [0.3, 0.4) is 0 Å². The SMILES string of the molecule is CSc1sc(C)cc1[C@@H]1C(C(=O)Nc2ccccn2)=C(C)NC2=C1C(=O)CCC2. The van der Waals surface area contributed by atoms with Crippen molar-refractivity contribution in [3.63, 3.8) is 0 Å². The molecule has 1 aliphatic heterocycles. The molecule has 2 aromatic rings. The minimum absolute atomic E-state index is 0.135. The van der Waals surface area contributed by atoms with E-state index in [0.717, 1.165) is 39.6 Å². The molecule has 0 unspecified atom stereocenters. The van der Waals surface area contributed by atoms with Crippen LogP contribution in [-0.4, -0.2) is 22.9 Å². The lowest BCUT2D eigenvalue weighted by molar-refractivity contribution is -0.116. The summed E-state index contributed by atoms with van der Waals surface area (Å²) in [4.78, 5) is 31.7. The van der Waals surface area contributed by atoms with Gasteiger partial charge in [0, 0.05) is 46.0 Å². The lowest BCUT2D eigenvalue weighted by atomic mass is 9.75. The lowest BCUT2D eigenvalue weighted by Crippen LogP contribution is -2.35. The van der Waals surface area contributed by atoms with Gasteiger partial charge in [-0.25, -0.2) is 4.98 Å². The molecule has 29 heavy (non-hydrogen) atoms. The van der Waals surface area contributed by atoms with Gasteiger partial charge in [-0.05, 0) is 56.7 Å². The molecule has 1 aliphatic carbocycles. The van der Waals surface area contributed by atoms with Crippen LogP contribution in [0.4, 0.5) is 5.82 Å². The van der Waals surface area contributed by atoms with Crippen molar-refractivity contribution >= 4 is 40.6 Å². The number of hydrogen-bond donors (Lipinski definition) is 2. The van der Waals surface area contributed by atoms with Crippen molar-refractivity contribution in [2.75, 3.05) is 11.6 Å². The van der Waals surface area contributed by atoms with Gasteiger partial charge in [0.1, 0.15) is 5.82 Å². The molecule has 0 fully saturated rings. The number of nitrogens with zero attached hydrogens (tertiary/aromatic N) is 1. The number of hydrogen-bond acceptors (Lipinski definition) is 6. The molecular weight excluding hydrogens is 402 g/mol. The van der Waals surface area contributed by atoms with E-state index in [2.05, 4.69) is 28.6 Å². The summed E-state index contributed by atoms with van der Waals surface area (Å²) in [6.07, 6.45) is 5.90. The zero-order valence-corrected chi connectivity index (χ0v) is 18.3. The average molecular weight is 426 g/mol. The topological polar surface area (TPSA) is 71.1 Å². The number of dihydropyridines is 1. The molecule has 3 heterocycles. The molecule has 2 aliphatic rings. The van der Waals surface area contributed by atoms with Crippen molar-refractivity contribution in [3.8, 4) is 0 Å². The Morgan fingerprint density at radius 3 is 2.86 bits per heavy atom. The van der Waals surface area contributed by atoms with Crippen LogP contribution in [0.15, 0.2) is 57.2 Å². The van der Waals surface area contributed by atoms with Gasteiger partial charge in [-0.2, -0.15) is 0 Å². The fourth-order valence-corrected chi connectivity index (χ4v) is 6.00. The second-order valence-electron chi connectivity index (χ2n) is 7.24. The number of aryl methyl sites for hydroxylation is 1. The summed E-state index contributed by atoms with van der Waals surface area (Å²) in [6, 6.07) is 7.53. The van der Waals surface area contributed by atoms with Crippen LogP contribution < -0.4 is 10.6 Å². The Morgan fingerprint density at radius 2 is 2.14 bits per heavy atom. The molecule has 0 spiro atoms. The largest absolute Gasteiger partial charge is 0.362 e. The third-order valence-electron chi connectivity index (χ3n) is 5.27. The highest BCUT2D eigenvalue weighted by molar-refractivity contribution is 8.00. The molecule has 150 valence electrons. The third-order valence-corrected chi connectivity index (χ3v) is 7.49. The zero-order valence-electron chi connectivity index (χ0n) is 16.7. The van der Waals surface area contributed by atoms with E-state index in [9.17, 15) is 9.59 Å². The van der Waals surface area contributed by atoms with Crippen LogP contribution in [0, 0.1) is 6.92 Å². The molecule has 1 atom stereocenters. The van der Waals surface area contributed by atoms with Crippen molar-refractivity contribution in [1.29, 1.82) is 0 Å². The maximum Gasteiger partial charge on any atom is 0.255 e. The summed E-state index contributed by atoms with van der Waals surface area (Å²) in [5.41, 5.74) is 4.16. The number of amides is 1. The maximum atomic E-state index is 13.4. The van der Waals surface area contributed by atoms with Crippen molar-refractivity contribution < 1.29 is 9.59 Å². The van der Waals surface area contributed by atoms with Gasteiger partial charge in [0.15, 0.2) is 5.78 Å². The number of carbonyl (C=O) groups excluding carboxylic acids is 2. The first-order chi connectivity index (χ1) is 14.0.